The van der Waals surface area contributed by atoms with Crippen molar-refractivity contribution in [1.29, 1.82) is 0 Å². The van der Waals surface area contributed by atoms with Gasteiger partial charge in [0.25, 0.3) is 0 Å². The Morgan fingerprint density at radius 1 is 1.35 bits per heavy atom. The number of ether oxygens (including phenoxy) is 1. The van der Waals surface area contributed by atoms with Crippen LogP contribution >= 0.6 is 0 Å². The van der Waals surface area contributed by atoms with Gasteiger partial charge in [-0.2, -0.15) is 13.2 Å². The molecule has 128 valence electrons. The van der Waals surface area contributed by atoms with Gasteiger partial charge in [0, 0.05) is 13.1 Å². The molecule has 0 radical (unpaired) electrons. The van der Waals surface area contributed by atoms with Gasteiger partial charge in [-0.25, -0.2) is 0 Å². The first kappa shape index (κ1) is 17.7. The summed E-state index contributed by atoms with van der Waals surface area (Å²) in [4.78, 5) is 14.3. The maximum absolute atomic E-state index is 13.0. The van der Waals surface area contributed by atoms with Crippen molar-refractivity contribution in [2.45, 2.75) is 38.6 Å². The number of carbonyl (C=O) groups is 1. The molecule has 0 saturated carbocycles. The number of halogens is 3. The Hall–Kier alpha value is -1.60. The van der Waals surface area contributed by atoms with Crippen LogP contribution in [0.3, 0.4) is 0 Å². The molecule has 1 heterocycles. The molecule has 1 amide bonds. The van der Waals surface area contributed by atoms with E-state index in [2.05, 4.69) is 5.32 Å². The van der Waals surface area contributed by atoms with Gasteiger partial charge < -0.3 is 10.1 Å². The van der Waals surface area contributed by atoms with E-state index in [1.807, 2.05) is 18.7 Å². The molecule has 1 unspecified atom stereocenters. The topological polar surface area (TPSA) is 41.6 Å². The summed E-state index contributed by atoms with van der Waals surface area (Å²) < 4.78 is 44.5. The Balaban J connectivity index is 2.10. The van der Waals surface area contributed by atoms with E-state index in [-0.39, 0.29) is 11.3 Å². The van der Waals surface area contributed by atoms with Crippen LogP contribution in [0.5, 0.6) is 0 Å². The number of amides is 1. The van der Waals surface area contributed by atoms with Gasteiger partial charge in [0.05, 0.1) is 29.5 Å². The lowest BCUT2D eigenvalue weighted by Gasteiger charge is -2.40. The van der Waals surface area contributed by atoms with Crippen LogP contribution in [0.2, 0.25) is 0 Å². The van der Waals surface area contributed by atoms with Gasteiger partial charge in [-0.1, -0.05) is 12.1 Å². The maximum Gasteiger partial charge on any atom is 0.418 e. The fourth-order valence-corrected chi connectivity index (χ4v) is 2.63. The Labute approximate surface area is 133 Å². The minimum atomic E-state index is -4.51. The van der Waals surface area contributed by atoms with E-state index in [0.717, 1.165) is 6.07 Å². The van der Waals surface area contributed by atoms with E-state index in [0.29, 0.717) is 19.7 Å². The van der Waals surface area contributed by atoms with E-state index < -0.39 is 23.7 Å². The van der Waals surface area contributed by atoms with Gasteiger partial charge in [-0.05, 0) is 32.9 Å². The number of nitrogens with zero attached hydrogens (tertiary/aromatic N) is 1. The van der Waals surface area contributed by atoms with Crippen molar-refractivity contribution < 1.29 is 22.7 Å². The number of hydrogen-bond acceptors (Lipinski definition) is 3. The zero-order valence-electron chi connectivity index (χ0n) is 13.4. The highest BCUT2D eigenvalue weighted by Gasteiger charge is 2.35. The number of nitrogens with one attached hydrogen (secondary N) is 1. The summed E-state index contributed by atoms with van der Waals surface area (Å²) in [6.45, 7) is 7.13. The number of rotatable bonds is 3. The van der Waals surface area contributed by atoms with Crippen LogP contribution in [0.15, 0.2) is 24.3 Å². The Morgan fingerprint density at radius 3 is 2.61 bits per heavy atom. The van der Waals surface area contributed by atoms with Crippen LogP contribution in [0.4, 0.5) is 18.9 Å². The quantitative estimate of drug-likeness (QED) is 0.926. The minimum Gasteiger partial charge on any atom is -0.373 e. The number of anilines is 1. The standard InChI is InChI=1S/C16H21F3N2O2/c1-11(21-8-9-23-15(2,3)10-21)14(22)20-13-7-5-4-6-12(13)16(17,18)19/h4-7,11H,8-10H2,1-3H3,(H,20,22). The summed E-state index contributed by atoms with van der Waals surface area (Å²) >= 11 is 0. The Morgan fingerprint density at radius 2 is 2.00 bits per heavy atom. The van der Waals surface area contributed by atoms with Crippen LogP contribution in [0, 0.1) is 0 Å². The van der Waals surface area contributed by atoms with E-state index in [9.17, 15) is 18.0 Å². The van der Waals surface area contributed by atoms with Crippen LogP contribution in [0.25, 0.3) is 0 Å². The molecule has 0 aromatic heterocycles. The summed E-state index contributed by atoms with van der Waals surface area (Å²) in [7, 11) is 0. The fourth-order valence-electron chi connectivity index (χ4n) is 2.63. The molecule has 1 fully saturated rings. The smallest absolute Gasteiger partial charge is 0.373 e. The summed E-state index contributed by atoms with van der Waals surface area (Å²) in [5.74, 6) is -0.459. The maximum atomic E-state index is 13.0. The third kappa shape index (κ3) is 4.45. The molecule has 7 heteroatoms. The van der Waals surface area contributed by atoms with Crippen molar-refractivity contribution in [2.24, 2.45) is 0 Å². The molecule has 1 N–H and O–H groups in total. The summed E-state index contributed by atoms with van der Waals surface area (Å²) in [5.41, 5.74) is -1.44. The monoisotopic (exact) mass is 330 g/mol. The molecular formula is C16H21F3N2O2. The highest BCUT2D eigenvalue weighted by Crippen LogP contribution is 2.34. The predicted octanol–water partition coefficient (Wildman–Crippen LogP) is 3.14. The van der Waals surface area contributed by atoms with Crippen LogP contribution in [0.1, 0.15) is 26.3 Å². The highest BCUT2D eigenvalue weighted by atomic mass is 19.4. The molecule has 1 atom stereocenters. The lowest BCUT2D eigenvalue weighted by molar-refractivity contribution is -0.137. The van der Waals surface area contributed by atoms with E-state index in [4.69, 9.17) is 4.74 Å². The van der Waals surface area contributed by atoms with Gasteiger partial charge >= 0.3 is 6.18 Å². The summed E-state index contributed by atoms with van der Waals surface area (Å²) in [6.07, 6.45) is -4.51. The van der Waals surface area contributed by atoms with E-state index in [1.165, 1.54) is 18.2 Å². The van der Waals surface area contributed by atoms with Crippen LogP contribution < -0.4 is 5.32 Å². The van der Waals surface area contributed by atoms with Crippen molar-refractivity contribution in [3.8, 4) is 0 Å². The van der Waals surface area contributed by atoms with Crippen molar-refractivity contribution in [2.75, 3.05) is 25.0 Å². The molecular weight excluding hydrogens is 309 g/mol. The summed E-state index contributed by atoms with van der Waals surface area (Å²) in [5, 5.41) is 2.40. The molecule has 2 rings (SSSR count). The van der Waals surface area contributed by atoms with Gasteiger partial charge in [0.15, 0.2) is 0 Å². The van der Waals surface area contributed by atoms with Gasteiger partial charge in [0.2, 0.25) is 5.91 Å². The molecule has 1 aliphatic heterocycles. The zero-order valence-corrected chi connectivity index (χ0v) is 13.4. The van der Waals surface area contributed by atoms with Crippen molar-refractivity contribution >= 4 is 11.6 Å². The van der Waals surface area contributed by atoms with Crippen LogP contribution in [-0.4, -0.2) is 42.1 Å². The first-order chi connectivity index (χ1) is 10.6. The lowest BCUT2D eigenvalue weighted by atomic mass is 10.1. The fraction of sp³-hybridized carbons (Fsp3) is 0.562. The highest BCUT2D eigenvalue weighted by molar-refractivity contribution is 5.95. The summed E-state index contributed by atoms with van der Waals surface area (Å²) in [6, 6.07) is 4.44. The molecule has 4 nitrogen and oxygen atoms in total. The Kier molecular flexibility index (Phi) is 5.01. The average Bonchev–Trinajstić information content (AvgIpc) is 2.44. The molecule has 0 bridgehead atoms. The molecule has 1 aliphatic rings. The van der Waals surface area contributed by atoms with Crippen molar-refractivity contribution in [3.05, 3.63) is 29.8 Å². The molecule has 1 aromatic rings. The third-order valence-corrected chi connectivity index (χ3v) is 3.87. The zero-order chi connectivity index (χ0) is 17.3. The third-order valence-electron chi connectivity index (χ3n) is 3.87. The van der Waals surface area contributed by atoms with E-state index >= 15 is 0 Å². The number of hydrogen-bond donors (Lipinski definition) is 1. The van der Waals surface area contributed by atoms with Gasteiger partial charge in [-0.15, -0.1) is 0 Å². The first-order valence-electron chi connectivity index (χ1n) is 7.45. The molecule has 0 spiro atoms. The number of para-hydroxylation sites is 1. The molecule has 1 aromatic carbocycles. The lowest BCUT2D eigenvalue weighted by Crippen LogP contribution is -2.54. The minimum absolute atomic E-state index is 0.218. The molecule has 1 saturated heterocycles. The van der Waals surface area contributed by atoms with Gasteiger partial charge in [0.1, 0.15) is 0 Å². The number of alkyl halides is 3. The van der Waals surface area contributed by atoms with Crippen molar-refractivity contribution in [3.63, 3.8) is 0 Å². The predicted molar refractivity (Wildman–Crippen MR) is 81.1 cm³/mol. The van der Waals surface area contributed by atoms with E-state index in [1.54, 1.807) is 6.92 Å². The molecule has 0 aliphatic carbocycles. The number of carbonyl (C=O) groups excluding carboxylic acids is 1. The van der Waals surface area contributed by atoms with Crippen LogP contribution in [-0.2, 0) is 15.7 Å². The first-order valence-corrected chi connectivity index (χ1v) is 7.45. The van der Waals surface area contributed by atoms with Crippen molar-refractivity contribution in [1.82, 2.24) is 4.90 Å². The second-order valence-corrected chi connectivity index (χ2v) is 6.29. The normalized spacial score (nSPS) is 20.1. The van der Waals surface area contributed by atoms with Gasteiger partial charge in [-0.3, -0.25) is 9.69 Å². The second kappa shape index (κ2) is 6.49. The second-order valence-electron chi connectivity index (χ2n) is 6.29. The molecule has 23 heavy (non-hydrogen) atoms. The SMILES string of the molecule is CC(C(=O)Nc1ccccc1C(F)(F)F)N1CCOC(C)(C)C1. The largest absolute Gasteiger partial charge is 0.418 e. The number of morpholine rings is 1. The average molecular weight is 330 g/mol. The number of benzene rings is 1. The Bertz CT molecular complexity index is 573.